The third kappa shape index (κ3) is 3.43. The molecule has 0 spiro atoms. The van der Waals surface area contributed by atoms with Gasteiger partial charge in [0.2, 0.25) is 5.91 Å². The third-order valence-electron chi connectivity index (χ3n) is 3.27. The van der Waals surface area contributed by atoms with Crippen LogP contribution in [0.2, 0.25) is 0 Å². The normalized spacial score (nSPS) is 16.7. The van der Waals surface area contributed by atoms with Gasteiger partial charge in [-0.2, -0.15) is 5.10 Å². The van der Waals surface area contributed by atoms with E-state index in [0.717, 1.165) is 5.56 Å². The predicted octanol–water partition coefficient (Wildman–Crippen LogP) is 1.50. The lowest BCUT2D eigenvalue weighted by Gasteiger charge is -2.30. The molecular formula is C14H16N4O2S. The summed E-state index contributed by atoms with van der Waals surface area (Å²) in [4.78, 5) is 18.8. The molecule has 2 heterocycles. The van der Waals surface area contributed by atoms with Gasteiger partial charge >= 0.3 is 0 Å². The second kappa shape index (κ2) is 6.73. The molecule has 1 aromatic carbocycles. The van der Waals surface area contributed by atoms with E-state index in [1.807, 2.05) is 35.2 Å². The molecular weight excluding hydrogens is 288 g/mol. The van der Waals surface area contributed by atoms with Crippen molar-refractivity contribution in [3.05, 3.63) is 42.2 Å². The Kier molecular flexibility index (Phi) is 4.52. The number of hydrogen-bond donors (Lipinski definition) is 1. The van der Waals surface area contributed by atoms with E-state index < -0.39 is 0 Å². The van der Waals surface area contributed by atoms with Gasteiger partial charge in [-0.15, -0.1) is 0 Å². The van der Waals surface area contributed by atoms with Crippen molar-refractivity contribution in [2.24, 2.45) is 0 Å². The first-order chi connectivity index (χ1) is 10.3. The minimum absolute atomic E-state index is 0.0888. The van der Waals surface area contributed by atoms with E-state index in [1.165, 1.54) is 18.1 Å². The number of ether oxygens (including phenoxy) is 1. The molecule has 1 fully saturated rings. The van der Waals surface area contributed by atoms with Crippen molar-refractivity contribution in [3.8, 4) is 0 Å². The monoisotopic (exact) mass is 304 g/mol. The first-order valence-corrected chi connectivity index (χ1v) is 7.66. The Morgan fingerprint density at radius 3 is 2.71 bits per heavy atom. The van der Waals surface area contributed by atoms with Crippen molar-refractivity contribution in [2.45, 2.75) is 10.4 Å². The number of rotatable bonds is 4. The predicted molar refractivity (Wildman–Crippen MR) is 78.8 cm³/mol. The van der Waals surface area contributed by atoms with Gasteiger partial charge in [-0.3, -0.25) is 9.89 Å². The largest absolute Gasteiger partial charge is 0.378 e. The highest BCUT2D eigenvalue weighted by molar-refractivity contribution is 8.00. The summed E-state index contributed by atoms with van der Waals surface area (Å²) in [6, 6.07) is 9.75. The van der Waals surface area contributed by atoms with Crippen LogP contribution in [0.5, 0.6) is 0 Å². The zero-order valence-corrected chi connectivity index (χ0v) is 12.3. The minimum atomic E-state index is -0.322. The van der Waals surface area contributed by atoms with Gasteiger partial charge in [0.25, 0.3) is 0 Å². The Balaban J connectivity index is 1.82. The zero-order valence-electron chi connectivity index (χ0n) is 11.4. The lowest BCUT2D eigenvalue weighted by atomic mass is 10.1. The third-order valence-corrected chi connectivity index (χ3v) is 4.40. The lowest BCUT2D eigenvalue weighted by molar-refractivity contribution is -0.134. The van der Waals surface area contributed by atoms with Crippen LogP contribution < -0.4 is 0 Å². The van der Waals surface area contributed by atoms with E-state index in [4.69, 9.17) is 4.74 Å². The number of amides is 1. The summed E-state index contributed by atoms with van der Waals surface area (Å²) >= 11 is 1.39. The van der Waals surface area contributed by atoms with E-state index >= 15 is 0 Å². The molecule has 0 bridgehead atoms. The summed E-state index contributed by atoms with van der Waals surface area (Å²) in [6.07, 6.45) is 1.45. The molecule has 6 nitrogen and oxygen atoms in total. The van der Waals surface area contributed by atoms with Gasteiger partial charge in [-0.1, -0.05) is 42.1 Å². The molecule has 1 saturated heterocycles. The van der Waals surface area contributed by atoms with Crippen LogP contribution in [-0.2, 0) is 9.53 Å². The maximum Gasteiger partial charge on any atom is 0.240 e. The fraction of sp³-hybridized carbons (Fsp3) is 0.357. The van der Waals surface area contributed by atoms with Crippen LogP contribution in [0.4, 0.5) is 0 Å². The maximum atomic E-state index is 12.8. The van der Waals surface area contributed by atoms with Crippen LogP contribution >= 0.6 is 11.8 Å². The molecule has 21 heavy (non-hydrogen) atoms. The lowest BCUT2D eigenvalue weighted by Crippen LogP contribution is -2.42. The summed E-state index contributed by atoms with van der Waals surface area (Å²) < 4.78 is 5.31. The Bertz CT molecular complexity index is 570. The van der Waals surface area contributed by atoms with Crippen molar-refractivity contribution in [3.63, 3.8) is 0 Å². The molecule has 7 heteroatoms. The van der Waals surface area contributed by atoms with Crippen LogP contribution in [0.1, 0.15) is 10.8 Å². The average molecular weight is 304 g/mol. The fourth-order valence-electron chi connectivity index (χ4n) is 2.20. The number of benzene rings is 1. The van der Waals surface area contributed by atoms with E-state index in [1.54, 1.807) is 0 Å². The average Bonchev–Trinajstić information content (AvgIpc) is 3.07. The Morgan fingerprint density at radius 2 is 2.05 bits per heavy atom. The standard InChI is InChI=1S/C14H16N4O2S/c19-13(18-6-8-20-9-7-18)12(11-4-2-1-3-5-11)21-14-15-10-16-17-14/h1-5,10,12H,6-9H2,(H,15,16,17)/t12-/m0/s1. The second-order valence-electron chi connectivity index (χ2n) is 4.64. The number of H-pyrrole nitrogens is 1. The summed E-state index contributed by atoms with van der Waals surface area (Å²) in [5.41, 5.74) is 0.968. The van der Waals surface area contributed by atoms with Crippen molar-refractivity contribution in [2.75, 3.05) is 26.3 Å². The molecule has 110 valence electrons. The number of aromatic amines is 1. The van der Waals surface area contributed by atoms with Gasteiger partial charge in [0.1, 0.15) is 11.6 Å². The number of hydrogen-bond acceptors (Lipinski definition) is 5. The highest BCUT2D eigenvalue weighted by Gasteiger charge is 2.28. The van der Waals surface area contributed by atoms with Crippen molar-refractivity contribution in [1.29, 1.82) is 0 Å². The van der Waals surface area contributed by atoms with Gasteiger partial charge in [-0.25, -0.2) is 4.98 Å². The first kappa shape index (κ1) is 14.1. The number of thioether (sulfide) groups is 1. The van der Waals surface area contributed by atoms with Crippen LogP contribution in [0.3, 0.4) is 0 Å². The molecule has 1 aliphatic heterocycles. The number of carbonyl (C=O) groups excluding carboxylic acids is 1. The Morgan fingerprint density at radius 1 is 1.29 bits per heavy atom. The number of morpholine rings is 1. The summed E-state index contributed by atoms with van der Waals surface area (Å²) in [7, 11) is 0. The molecule has 2 aromatic rings. The van der Waals surface area contributed by atoms with Gasteiger partial charge in [0.05, 0.1) is 13.2 Å². The molecule has 0 radical (unpaired) electrons. The Hall–Kier alpha value is -1.86. The summed E-state index contributed by atoms with van der Waals surface area (Å²) in [5, 5.41) is 6.96. The van der Waals surface area contributed by atoms with E-state index in [9.17, 15) is 4.79 Å². The van der Waals surface area contributed by atoms with E-state index in [-0.39, 0.29) is 11.2 Å². The van der Waals surface area contributed by atoms with Crippen molar-refractivity contribution in [1.82, 2.24) is 20.1 Å². The maximum absolute atomic E-state index is 12.8. The van der Waals surface area contributed by atoms with Gasteiger partial charge in [0.15, 0.2) is 5.16 Å². The molecule has 0 aliphatic carbocycles. The molecule has 1 atom stereocenters. The SMILES string of the molecule is O=C([C@@H](Sc1ncn[nH]1)c1ccccc1)N1CCOCC1. The molecule has 1 aromatic heterocycles. The van der Waals surface area contributed by atoms with E-state index in [2.05, 4.69) is 15.2 Å². The van der Waals surface area contributed by atoms with Gasteiger partial charge in [-0.05, 0) is 5.56 Å². The minimum Gasteiger partial charge on any atom is -0.378 e. The topological polar surface area (TPSA) is 71.1 Å². The molecule has 3 rings (SSSR count). The summed E-state index contributed by atoms with van der Waals surface area (Å²) in [6.45, 7) is 2.47. The summed E-state index contributed by atoms with van der Waals surface area (Å²) in [5.74, 6) is 0.0888. The Labute approximate surface area is 126 Å². The highest BCUT2D eigenvalue weighted by Crippen LogP contribution is 2.34. The quantitative estimate of drug-likeness (QED) is 0.867. The molecule has 1 N–H and O–H groups in total. The van der Waals surface area contributed by atoms with Crippen LogP contribution in [0.15, 0.2) is 41.8 Å². The van der Waals surface area contributed by atoms with Crippen molar-refractivity contribution >= 4 is 17.7 Å². The van der Waals surface area contributed by atoms with Gasteiger partial charge in [0, 0.05) is 13.1 Å². The fourth-order valence-corrected chi connectivity index (χ4v) is 3.18. The number of carbonyl (C=O) groups is 1. The molecule has 0 unspecified atom stereocenters. The van der Waals surface area contributed by atoms with Crippen LogP contribution in [0, 0.1) is 0 Å². The molecule has 1 amide bonds. The van der Waals surface area contributed by atoms with E-state index in [0.29, 0.717) is 31.5 Å². The highest BCUT2D eigenvalue weighted by atomic mass is 32.2. The number of nitrogens with zero attached hydrogens (tertiary/aromatic N) is 3. The molecule has 0 saturated carbocycles. The van der Waals surface area contributed by atoms with Gasteiger partial charge < -0.3 is 9.64 Å². The zero-order chi connectivity index (χ0) is 14.5. The first-order valence-electron chi connectivity index (χ1n) is 6.78. The van der Waals surface area contributed by atoms with Crippen LogP contribution in [-0.4, -0.2) is 52.3 Å². The number of aromatic nitrogens is 3. The number of nitrogens with one attached hydrogen (secondary N) is 1. The second-order valence-corrected chi connectivity index (χ2v) is 5.73. The van der Waals surface area contributed by atoms with Crippen molar-refractivity contribution < 1.29 is 9.53 Å². The molecule has 1 aliphatic rings. The smallest absolute Gasteiger partial charge is 0.240 e. The van der Waals surface area contributed by atoms with Crippen LogP contribution in [0.25, 0.3) is 0 Å².